The van der Waals surface area contributed by atoms with Crippen LogP contribution < -0.4 is 10.1 Å². The molecule has 0 radical (unpaired) electrons. The number of carbonyl (C=O) groups is 1. The summed E-state index contributed by atoms with van der Waals surface area (Å²) in [5.74, 6) is 0.631. The highest BCUT2D eigenvalue weighted by atomic mass is 16.5. The number of aromatic nitrogens is 3. The van der Waals surface area contributed by atoms with E-state index in [4.69, 9.17) is 4.74 Å². The molecule has 140 valence electrons. The third-order valence-electron chi connectivity index (χ3n) is 4.56. The number of rotatable bonds is 4. The molecule has 1 aromatic heterocycles. The molecule has 4 aromatic rings. The van der Waals surface area contributed by atoms with Gasteiger partial charge in [-0.05, 0) is 67.9 Å². The van der Waals surface area contributed by atoms with Crippen molar-refractivity contribution >= 4 is 22.6 Å². The van der Waals surface area contributed by atoms with Crippen LogP contribution in [0, 0.1) is 13.8 Å². The minimum absolute atomic E-state index is 0.145. The van der Waals surface area contributed by atoms with Gasteiger partial charge in [0.1, 0.15) is 16.8 Å². The van der Waals surface area contributed by atoms with Crippen LogP contribution in [0.2, 0.25) is 0 Å². The molecule has 1 N–H and O–H groups in total. The van der Waals surface area contributed by atoms with Gasteiger partial charge in [0.25, 0.3) is 5.91 Å². The number of hydrogen-bond acceptors (Lipinski definition) is 4. The lowest BCUT2D eigenvalue weighted by Gasteiger charge is -2.08. The Labute approximate surface area is 162 Å². The standard InChI is InChI=1S/C22H20N4O2/c1-14-5-4-6-16(11-14)22(27)23-19-13-21-20(12-15(19)2)24-26(25-21)17-7-9-18(28-3)10-8-17/h4-13H,1-3H3,(H,23,27). The Bertz CT molecular complexity index is 1160. The zero-order valence-electron chi connectivity index (χ0n) is 15.9. The predicted octanol–water partition coefficient (Wildman–Crippen LogP) is 4.30. The van der Waals surface area contributed by atoms with Gasteiger partial charge in [-0.2, -0.15) is 4.80 Å². The highest BCUT2D eigenvalue weighted by molar-refractivity contribution is 6.05. The lowest BCUT2D eigenvalue weighted by Crippen LogP contribution is -2.12. The average molecular weight is 372 g/mol. The molecule has 0 aliphatic heterocycles. The largest absolute Gasteiger partial charge is 0.497 e. The molecule has 0 spiro atoms. The van der Waals surface area contributed by atoms with Crippen LogP contribution >= 0.6 is 0 Å². The van der Waals surface area contributed by atoms with Crippen LogP contribution in [0.5, 0.6) is 5.75 Å². The number of aryl methyl sites for hydroxylation is 2. The fourth-order valence-corrected chi connectivity index (χ4v) is 3.01. The van der Waals surface area contributed by atoms with Crippen molar-refractivity contribution in [2.45, 2.75) is 13.8 Å². The molecular formula is C22H20N4O2. The zero-order chi connectivity index (χ0) is 19.7. The van der Waals surface area contributed by atoms with E-state index < -0.39 is 0 Å². The first-order chi connectivity index (χ1) is 13.5. The van der Waals surface area contributed by atoms with Gasteiger partial charge in [-0.3, -0.25) is 4.79 Å². The van der Waals surface area contributed by atoms with Gasteiger partial charge in [-0.1, -0.05) is 17.7 Å². The third kappa shape index (κ3) is 3.44. The van der Waals surface area contributed by atoms with Crippen LogP contribution in [-0.4, -0.2) is 28.0 Å². The monoisotopic (exact) mass is 372 g/mol. The molecule has 28 heavy (non-hydrogen) atoms. The molecule has 0 fully saturated rings. The van der Waals surface area contributed by atoms with E-state index in [1.807, 2.05) is 68.4 Å². The van der Waals surface area contributed by atoms with Crippen LogP contribution in [0.1, 0.15) is 21.5 Å². The van der Waals surface area contributed by atoms with Crippen LogP contribution in [0.3, 0.4) is 0 Å². The van der Waals surface area contributed by atoms with Gasteiger partial charge in [0.2, 0.25) is 0 Å². The Morgan fingerprint density at radius 3 is 2.36 bits per heavy atom. The van der Waals surface area contributed by atoms with E-state index in [2.05, 4.69) is 15.5 Å². The topological polar surface area (TPSA) is 69.0 Å². The number of nitrogens with zero attached hydrogens (tertiary/aromatic N) is 3. The molecule has 0 aliphatic rings. The number of anilines is 1. The molecule has 4 rings (SSSR count). The maximum Gasteiger partial charge on any atom is 0.255 e. The number of fused-ring (bicyclic) bond motifs is 1. The molecule has 0 unspecified atom stereocenters. The van der Waals surface area contributed by atoms with Crippen molar-refractivity contribution < 1.29 is 9.53 Å². The van der Waals surface area contributed by atoms with Gasteiger partial charge in [0, 0.05) is 11.3 Å². The van der Waals surface area contributed by atoms with Gasteiger partial charge in [0.15, 0.2) is 0 Å². The van der Waals surface area contributed by atoms with Crippen molar-refractivity contribution in [1.82, 2.24) is 15.0 Å². The van der Waals surface area contributed by atoms with Crippen LogP contribution in [0.4, 0.5) is 5.69 Å². The normalized spacial score (nSPS) is 10.8. The summed E-state index contributed by atoms with van der Waals surface area (Å²) < 4.78 is 5.19. The van der Waals surface area contributed by atoms with Gasteiger partial charge >= 0.3 is 0 Å². The second kappa shape index (κ2) is 7.15. The highest BCUT2D eigenvalue weighted by Crippen LogP contribution is 2.23. The summed E-state index contributed by atoms with van der Waals surface area (Å²) in [7, 11) is 1.63. The van der Waals surface area contributed by atoms with Crippen LogP contribution in [-0.2, 0) is 0 Å². The molecule has 3 aromatic carbocycles. The lowest BCUT2D eigenvalue weighted by molar-refractivity contribution is 0.102. The molecule has 0 saturated heterocycles. The van der Waals surface area contributed by atoms with E-state index in [9.17, 15) is 4.79 Å². The van der Waals surface area contributed by atoms with Crippen molar-refractivity contribution in [2.75, 3.05) is 12.4 Å². The second-order valence-electron chi connectivity index (χ2n) is 6.67. The van der Waals surface area contributed by atoms with E-state index >= 15 is 0 Å². The van der Waals surface area contributed by atoms with Crippen LogP contribution in [0.15, 0.2) is 60.7 Å². The van der Waals surface area contributed by atoms with Crippen molar-refractivity contribution in [3.63, 3.8) is 0 Å². The van der Waals surface area contributed by atoms with Crippen molar-refractivity contribution in [3.05, 3.63) is 77.4 Å². The Morgan fingerprint density at radius 1 is 0.964 bits per heavy atom. The van der Waals surface area contributed by atoms with E-state index in [0.29, 0.717) is 11.1 Å². The maximum absolute atomic E-state index is 12.6. The summed E-state index contributed by atoms with van der Waals surface area (Å²) in [6.45, 7) is 3.91. The summed E-state index contributed by atoms with van der Waals surface area (Å²) in [6, 6.07) is 18.8. The first-order valence-corrected chi connectivity index (χ1v) is 8.93. The Kier molecular flexibility index (Phi) is 4.53. The smallest absolute Gasteiger partial charge is 0.255 e. The number of methoxy groups -OCH3 is 1. The van der Waals surface area contributed by atoms with Crippen LogP contribution in [0.25, 0.3) is 16.7 Å². The van der Waals surface area contributed by atoms with E-state index in [-0.39, 0.29) is 5.91 Å². The fraction of sp³-hybridized carbons (Fsp3) is 0.136. The summed E-state index contributed by atoms with van der Waals surface area (Å²) in [4.78, 5) is 14.2. The Morgan fingerprint density at radius 2 is 1.68 bits per heavy atom. The molecule has 0 bridgehead atoms. The van der Waals surface area contributed by atoms with E-state index in [1.165, 1.54) is 0 Å². The quantitative estimate of drug-likeness (QED) is 0.580. The van der Waals surface area contributed by atoms with Gasteiger partial charge in [-0.15, -0.1) is 10.2 Å². The summed E-state index contributed by atoms with van der Waals surface area (Å²) in [5.41, 5.74) is 5.63. The molecule has 6 heteroatoms. The SMILES string of the molecule is COc1ccc(-n2nc3cc(C)c(NC(=O)c4cccc(C)c4)cc3n2)cc1. The summed E-state index contributed by atoms with van der Waals surface area (Å²) >= 11 is 0. The second-order valence-corrected chi connectivity index (χ2v) is 6.67. The number of hydrogen-bond donors (Lipinski definition) is 1. The zero-order valence-corrected chi connectivity index (χ0v) is 15.9. The number of carbonyl (C=O) groups excluding carboxylic acids is 1. The number of ether oxygens (including phenoxy) is 1. The van der Waals surface area contributed by atoms with Gasteiger partial charge in [0.05, 0.1) is 12.8 Å². The summed E-state index contributed by atoms with van der Waals surface area (Å²) in [5, 5.41) is 12.1. The molecule has 1 amide bonds. The maximum atomic E-state index is 12.6. The van der Waals surface area contributed by atoms with Gasteiger partial charge in [-0.25, -0.2) is 0 Å². The summed E-state index contributed by atoms with van der Waals surface area (Å²) in [6.07, 6.45) is 0. The Hall–Kier alpha value is -3.67. The molecule has 0 atom stereocenters. The average Bonchev–Trinajstić information content (AvgIpc) is 3.11. The number of benzene rings is 3. The molecule has 0 aliphatic carbocycles. The van der Waals surface area contributed by atoms with Crippen molar-refractivity contribution in [1.29, 1.82) is 0 Å². The van der Waals surface area contributed by atoms with Crippen molar-refractivity contribution in [3.8, 4) is 11.4 Å². The molecule has 6 nitrogen and oxygen atoms in total. The highest BCUT2D eigenvalue weighted by Gasteiger charge is 2.12. The number of nitrogens with one attached hydrogen (secondary N) is 1. The first kappa shape index (κ1) is 17.7. The van der Waals surface area contributed by atoms with Crippen molar-refractivity contribution in [2.24, 2.45) is 0 Å². The van der Waals surface area contributed by atoms with Gasteiger partial charge < -0.3 is 10.1 Å². The minimum Gasteiger partial charge on any atom is -0.497 e. The molecule has 0 saturated carbocycles. The third-order valence-corrected chi connectivity index (χ3v) is 4.56. The number of amides is 1. The lowest BCUT2D eigenvalue weighted by atomic mass is 10.1. The molecular weight excluding hydrogens is 352 g/mol. The van der Waals surface area contributed by atoms with E-state index in [0.717, 1.165) is 33.8 Å². The Balaban J connectivity index is 1.65. The van der Waals surface area contributed by atoms with E-state index in [1.54, 1.807) is 18.0 Å². The predicted molar refractivity (Wildman–Crippen MR) is 109 cm³/mol. The fourth-order valence-electron chi connectivity index (χ4n) is 3.01. The minimum atomic E-state index is -0.145. The first-order valence-electron chi connectivity index (χ1n) is 8.93. The molecule has 1 heterocycles.